The number of hydrogen-bond acceptors (Lipinski definition) is 15. The molecular formula is C47H39N7O6S4. The van der Waals surface area contributed by atoms with E-state index in [2.05, 4.69) is 57.2 Å². The van der Waals surface area contributed by atoms with Crippen LogP contribution < -0.4 is 15.4 Å². The zero-order valence-corrected chi connectivity index (χ0v) is 37.6. The summed E-state index contributed by atoms with van der Waals surface area (Å²) >= 11 is 5.76. The Morgan fingerprint density at radius 2 is 1.56 bits per heavy atom. The van der Waals surface area contributed by atoms with Crippen LogP contribution in [0.2, 0.25) is 0 Å². The average molecular weight is 926 g/mol. The number of nitrogens with one attached hydrogen (secondary N) is 2. The Hall–Kier alpha value is -6.53. The molecule has 13 nitrogen and oxygen atoms in total. The van der Waals surface area contributed by atoms with E-state index < -0.39 is 34.7 Å². The van der Waals surface area contributed by atoms with Gasteiger partial charge in [-0.05, 0) is 46.0 Å². The first-order valence-electron chi connectivity index (χ1n) is 20.0. The molecule has 2 aliphatic heterocycles. The number of nitrogens with zero attached hydrogens (tertiary/aromatic N) is 5. The summed E-state index contributed by atoms with van der Waals surface area (Å²) < 4.78 is 12.9. The number of thiazole rings is 2. The predicted molar refractivity (Wildman–Crippen MR) is 251 cm³/mol. The first kappa shape index (κ1) is 42.8. The summed E-state index contributed by atoms with van der Waals surface area (Å²) in [5.74, 6) is -0.255. The first-order chi connectivity index (χ1) is 31.4. The largest absolute Gasteiger partial charge is 0.497 e. The standard InChI is InChI=1S/C47H39N7O6S4/c1-58-34-20-18-29(19-21-34)25-60-44(57)40-30(27-63-46-50-35-22-23-48-24-37(35)64-46)26-61-43-39(42(56)54(40)43)51-41(55)38(53-59-2)36-28-62-45(49-36)52-47(31-12-6-3-7-13-31,32-14-8-4-9-15-32)33-16-10-5-11-17-33/h3-24,28,39,43H,25-27H2,1-2H3,(H,49,52)(H,51,55)/b53-38+/t39?,43-/m1/s1. The van der Waals surface area contributed by atoms with Gasteiger partial charge in [0, 0.05) is 29.3 Å². The van der Waals surface area contributed by atoms with Gasteiger partial charge in [0.15, 0.2) is 15.2 Å². The molecule has 1 fully saturated rings. The average Bonchev–Trinajstić information content (AvgIpc) is 4.00. The van der Waals surface area contributed by atoms with E-state index in [1.54, 1.807) is 37.0 Å². The van der Waals surface area contributed by atoms with Crippen LogP contribution in [0.15, 0.2) is 160 Å². The van der Waals surface area contributed by atoms with Crippen LogP contribution in [0.1, 0.15) is 27.9 Å². The minimum atomic E-state index is -0.965. The van der Waals surface area contributed by atoms with E-state index in [0.717, 1.165) is 42.4 Å². The summed E-state index contributed by atoms with van der Waals surface area (Å²) in [6, 6.07) is 38.4. The number of benzene rings is 4. The van der Waals surface area contributed by atoms with E-state index in [0.29, 0.717) is 22.4 Å². The summed E-state index contributed by atoms with van der Waals surface area (Å²) in [4.78, 5) is 62.7. The highest BCUT2D eigenvalue weighted by Gasteiger charge is 2.55. The minimum Gasteiger partial charge on any atom is -0.497 e. The fraction of sp³-hybridized carbons (Fsp3) is 0.170. The van der Waals surface area contributed by atoms with Crippen molar-refractivity contribution in [2.75, 3.05) is 31.0 Å². The molecule has 2 N–H and O–H groups in total. The Kier molecular flexibility index (Phi) is 12.7. The molecule has 2 amide bonds. The number of aromatic nitrogens is 3. The second-order valence-corrected chi connectivity index (χ2v) is 18.7. The van der Waals surface area contributed by atoms with Crippen molar-refractivity contribution < 1.29 is 28.7 Å². The van der Waals surface area contributed by atoms with Crippen LogP contribution >= 0.6 is 46.2 Å². The Labute approximate surface area is 385 Å². The number of fused-ring (bicyclic) bond motifs is 2. The van der Waals surface area contributed by atoms with Gasteiger partial charge < -0.3 is 24.9 Å². The van der Waals surface area contributed by atoms with Gasteiger partial charge in [0.1, 0.15) is 47.8 Å². The number of oxime groups is 1. The third-order valence-electron chi connectivity index (χ3n) is 10.7. The maximum atomic E-state index is 14.2. The zero-order chi connectivity index (χ0) is 44.0. The molecule has 1 saturated heterocycles. The Morgan fingerprint density at radius 3 is 2.19 bits per heavy atom. The van der Waals surface area contributed by atoms with Crippen LogP contribution in [0, 0.1) is 0 Å². The molecule has 2 aliphatic rings. The van der Waals surface area contributed by atoms with E-state index in [4.69, 9.17) is 24.3 Å². The highest BCUT2D eigenvalue weighted by molar-refractivity contribution is 8.02. The first-order valence-corrected chi connectivity index (χ1v) is 23.7. The molecular weight excluding hydrogens is 887 g/mol. The maximum absolute atomic E-state index is 14.2. The van der Waals surface area contributed by atoms with E-state index >= 15 is 0 Å². The molecule has 5 heterocycles. The summed E-state index contributed by atoms with van der Waals surface area (Å²) in [6.07, 6.45) is 3.47. The molecule has 0 radical (unpaired) electrons. The SMILES string of the molecule is CO/N=C(/C(=O)NC1C(=O)N2C(C(=O)OCc3ccc(OC)cc3)=C(CSc3nc4ccncc4s3)CS[C@H]12)c1csc(NC(c2ccccc2)(c2ccccc2)c2ccccc2)n1. The van der Waals surface area contributed by atoms with Crippen molar-refractivity contribution in [3.63, 3.8) is 0 Å². The van der Waals surface area contributed by atoms with Crippen molar-refractivity contribution in [2.45, 2.75) is 27.9 Å². The number of amides is 2. The van der Waals surface area contributed by atoms with Gasteiger partial charge >= 0.3 is 5.97 Å². The molecule has 3 aromatic heterocycles. The number of carbonyl (C=O) groups excluding carboxylic acids is 3. The normalized spacial score (nSPS) is 16.2. The van der Waals surface area contributed by atoms with Crippen LogP contribution in [0.25, 0.3) is 10.2 Å². The Balaban J connectivity index is 0.955. The van der Waals surface area contributed by atoms with Gasteiger partial charge in [0.2, 0.25) is 0 Å². The van der Waals surface area contributed by atoms with Crippen molar-refractivity contribution in [1.82, 2.24) is 25.2 Å². The quantitative estimate of drug-likeness (QED) is 0.0240. The monoisotopic (exact) mass is 925 g/mol. The van der Waals surface area contributed by atoms with Crippen LogP contribution in [-0.4, -0.2) is 80.5 Å². The molecule has 64 heavy (non-hydrogen) atoms. The van der Waals surface area contributed by atoms with Gasteiger partial charge in [-0.1, -0.05) is 120 Å². The topological polar surface area (TPSA) is 157 Å². The van der Waals surface area contributed by atoms with Gasteiger partial charge in [-0.25, -0.2) is 14.8 Å². The lowest BCUT2D eigenvalue weighted by Crippen LogP contribution is -2.71. The number of methoxy groups -OCH3 is 1. The molecule has 0 bridgehead atoms. The number of β-lactam (4-membered cyclic amide) rings is 1. The van der Waals surface area contributed by atoms with Crippen LogP contribution in [-0.2, 0) is 36.1 Å². The maximum Gasteiger partial charge on any atom is 0.355 e. The highest BCUT2D eigenvalue weighted by Crippen LogP contribution is 2.44. The Morgan fingerprint density at radius 1 is 0.891 bits per heavy atom. The minimum absolute atomic E-state index is 0.0118. The van der Waals surface area contributed by atoms with Crippen LogP contribution in [0.4, 0.5) is 5.13 Å². The molecule has 0 saturated carbocycles. The third kappa shape index (κ3) is 8.58. The van der Waals surface area contributed by atoms with E-state index in [-0.39, 0.29) is 23.7 Å². The molecule has 9 rings (SSSR count). The number of anilines is 1. The molecule has 0 aliphatic carbocycles. The van der Waals surface area contributed by atoms with Crippen LogP contribution in [0.3, 0.4) is 0 Å². The molecule has 4 aromatic carbocycles. The fourth-order valence-electron chi connectivity index (χ4n) is 7.58. The fourth-order valence-corrected chi connectivity index (χ4v) is 11.8. The van der Waals surface area contributed by atoms with Gasteiger partial charge in [-0.15, -0.1) is 34.4 Å². The molecule has 17 heteroatoms. The van der Waals surface area contributed by atoms with Gasteiger partial charge in [-0.3, -0.25) is 19.5 Å². The highest BCUT2D eigenvalue weighted by atomic mass is 32.2. The number of esters is 1. The van der Waals surface area contributed by atoms with Gasteiger partial charge in [0.05, 0.1) is 17.3 Å². The second kappa shape index (κ2) is 19.1. The number of rotatable bonds is 16. The second-order valence-electron chi connectivity index (χ2n) is 14.5. The summed E-state index contributed by atoms with van der Waals surface area (Å²) in [5, 5.41) is 12.4. The molecule has 7 aromatic rings. The van der Waals surface area contributed by atoms with Gasteiger partial charge in [0.25, 0.3) is 11.8 Å². The van der Waals surface area contributed by atoms with E-state index in [9.17, 15) is 14.4 Å². The van der Waals surface area contributed by atoms with Crippen molar-refractivity contribution in [1.29, 1.82) is 0 Å². The lowest BCUT2D eigenvalue weighted by molar-refractivity contribution is -0.153. The van der Waals surface area contributed by atoms with Crippen molar-refractivity contribution in [3.05, 3.63) is 178 Å². The van der Waals surface area contributed by atoms with E-state index in [1.165, 1.54) is 58.2 Å². The molecule has 0 spiro atoms. The molecule has 1 unspecified atom stereocenters. The summed E-state index contributed by atoms with van der Waals surface area (Å²) in [6.45, 7) is -0.0118. The van der Waals surface area contributed by atoms with E-state index in [1.807, 2.05) is 72.8 Å². The van der Waals surface area contributed by atoms with Gasteiger partial charge in [-0.2, -0.15) is 0 Å². The number of thioether (sulfide) groups is 2. The zero-order valence-electron chi connectivity index (χ0n) is 34.4. The predicted octanol–water partition coefficient (Wildman–Crippen LogP) is 8.10. The van der Waals surface area contributed by atoms with Crippen molar-refractivity contribution >= 4 is 85.0 Å². The number of pyridine rings is 1. The number of hydrogen-bond donors (Lipinski definition) is 2. The summed E-state index contributed by atoms with van der Waals surface area (Å²) in [7, 11) is 2.92. The van der Waals surface area contributed by atoms with Crippen molar-refractivity contribution in [2.24, 2.45) is 5.16 Å². The van der Waals surface area contributed by atoms with Crippen molar-refractivity contribution in [3.8, 4) is 5.75 Å². The number of ether oxygens (including phenoxy) is 2. The third-order valence-corrected chi connectivity index (χ3v) is 15.0. The lowest BCUT2D eigenvalue weighted by atomic mass is 9.77. The summed E-state index contributed by atoms with van der Waals surface area (Å²) in [5.41, 5.74) is 4.73. The smallest absolute Gasteiger partial charge is 0.355 e. The lowest BCUT2D eigenvalue weighted by Gasteiger charge is -2.49. The molecule has 322 valence electrons. The van der Waals surface area contributed by atoms with Crippen LogP contribution in [0.5, 0.6) is 5.75 Å². The Bertz CT molecular complexity index is 2730. The number of carbonyl (C=O) groups is 3. The molecule has 2 atom stereocenters.